The van der Waals surface area contributed by atoms with E-state index in [1.165, 1.54) is 0 Å². The average molecular weight is 253 g/mol. The number of ether oxygens (including phenoxy) is 2. The van der Waals surface area contributed by atoms with Gasteiger partial charge in [0.15, 0.2) is 0 Å². The summed E-state index contributed by atoms with van der Waals surface area (Å²) in [7, 11) is 5.27. The summed E-state index contributed by atoms with van der Waals surface area (Å²) >= 11 is 0. The molecule has 0 unspecified atom stereocenters. The van der Waals surface area contributed by atoms with Gasteiger partial charge in [0.2, 0.25) is 0 Å². The minimum Gasteiger partial charge on any atom is -0.497 e. The second kappa shape index (κ2) is 6.07. The van der Waals surface area contributed by atoms with Crippen molar-refractivity contribution in [2.45, 2.75) is 25.9 Å². The summed E-state index contributed by atoms with van der Waals surface area (Å²) in [6.45, 7) is 4.83. The van der Waals surface area contributed by atoms with E-state index >= 15 is 0 Å². The van der Waals surface area contributed by atoms with Crippen molar-refractivity contribution in [3.05, 3.63) is 23.8 Å². The van der Waals surface area contributed by atoms with Gasteiger partial charge in [-0.1, -0.05) is 6.07 Å². The van der Waals surface area contributed by atoms with E-state index in [1.54, 1.807) is 14.2 Å². The number of nitrogens with zero attached hydrogens (tertiary/aromatic N) is 1. The molecule has 0 saturated heterocycles. The van der Waals surface area contributed by atoms with Crippen LogP contribution in [-0.2, 0) is 6.54 Å². The highest BCUT2D eigenvalue weighted by Gasteiger charge is 2.23. The Morgan fingerprint density at radius 3 is 2.39 bits per heavy atom. The van der Waals surface area contributed by atoms with Crippen LogP contribution in [-0.4, -0.2) is 43.4 Å². The molecule has 0 bridgehead atoms. The predicted octanol–water partition coefficient (Wildman–Crippen LogP) is 1.91. The van der Waals surface area contributed by atoms with Crippen molar-refractivity contribution >= 4 is 0 Å². The van der Waals surface area contributed by atoms with Crippen LogP contribution in [0.3, 0.4) is 0 Å². The first-order chi connectivity index (χ1) is 8.44. The maximum atomic E-state index is 9.36. The summed E-state index contributed by atoms with van der Waals surface area (Å²) in [5, 5.41) is 9.36. The standard InChI is InChI=1S/C14H23NO3/c1-14(2,10-16)15(3)9-11-6-7-12(17-4)8-13(11)18-5/h6-8,16H,9-10H2,1-5H3. The lowest BCUT2D eigenvalue weighted by Crippen LogP contribution is -2.43. The first-order valence-corrected chi connectivity index (χ1v) is 5.97. The fourth-order valence-electron chi connectivity index (χ4n) is 1.57. The molecule has 102 valence electrons. The molecule has 0 saturated carbocycles. The van der Waals surface area contributed by atoms with Gasteiger partial charge in [-0.15, -0.1) is 0 Å². The second-order valence-corrected chi connectivity index (χ2v) is 5.00. The smallest absolute Gasteiger partial charge is 0.127 e. The zero-order valence-corrected chi connectivity index (χ0v) is 11.9. The van der Waals surface area contributed by atoms with E-state index in [-0.39, 0.29) is 12.1 Å². The lowest BCUT2D eigenvalue weighted by molar-refractivity contribution is 0.0728. The number of hydrogen-bond donors (Lipinski definition) is 1. The molecule has 0 atom stereocenters. The highest BCUT2D eigenvalue weighted by molar-refractivity contribution is 5.40. The zero-order valence-electron chi connectivity index (χ0n) is 11.9. The molecule has 4 nitrogen and oxygen atoms in total. The summed E-state index contributed by atoms with van der Waals surface area (Å²) in [5.41, 5.74) is 0.813. The molecule has 0 radical (unpaired) electrons. The van der Waals surface area contributed by atoms with Gasteiger partial charge in [0.1, 0.15) is 11.5 Å². The van der Waals surface area contributed by atoms with Gasteiger partial charge in [-0.3, -0.25) is 4.90 Å². The highest BCUT2D eigenvalue weighted by atomic mass is 16.5. The van der Waals surface area contributed by atoms with Gasteiger partial charge in [0, 0.05) is 23.7 Å². The monoisotopic (exact) mass is 253 g/mol. The molecule has 0 heterocycles. The molecule has 0 aliphatic rings. The quantitative estimate of drug-likeness (QED) is 0.841. The van der Waals surface area contributed by atoms with Crippen molar-refractivity contribution < 1.29 is 14.6 Å². The Bertz CT molecular complexity index is 391. The van der Waals surface area contributed by atoms with Crippen LogP contribution in [0.5, 0.6) is 11.5 Å². The average Bonchev–Trinajstić information content (AvgIpc) is 2.38. The van der Waals surface area contributed by atoms with Crippen molar-refractivity contribution in [2.24, 2.45) is 0 Å². The van der Waals surface area contributed by atoms with E-state index in [0.717, 1.165) is 17.1 Å². The maximum absolute atomic E-state index is 9.36. The second-order valence-electron chi connectivity index (χ2n) is 5.00. The number of hydrogen-bond acceptors (Lipinski definition) is 4. The normalized spacial score (nSPS) is 11.7. The van der Waals surface area contributed by atoms with Gasteiger partial charge < -0.3 is 14.6 Å². The molecule has 4 heteroatoms. The largest absolute Gasteiger partial charge is 0.497 e. The molecule has 0 fully saturated rings. The van der Waals surface area contributed by atoms with Crippen LogP contribution in [0.2, 0.25) is 0 Å². The maximum Gasteiger partial charge on any atom is 0.127 e. The van der Waals surface area contributed by atoms with Gasteiger partial charge in [0.25, 0.3) is 0 Å². The molecule has 0 spiro atoms. The molecule has 0 aliphatic heterocycles. The summed E-state index contributed by atoms with van der Waals surface area (Å²) in [6, 6.07) is 5.77. The molecule has 18 heavy (non-hydrogen) atoms. The van der Waals surface area contributed by atoms with Crippen LogP contribution >= 0.6 is 0 Å². The van der Waals surface area contributed by atoms with Gasteiger partial charge >= 0.3 is 0 Å². The topological polar surface area (TPSA) is 41.9 Å². The fraction of sp³-hybridized carbons (Fsp3) is 0.571. The van der Waals surface area contributed by atoms with Crippen molar-refractivity contribution in [3.63, 3.8) is 0 Å². The zero-order chi connectivity index (χ0) is 13.8. The van der Waals surface area contributed by atoms with Crippen LogP contribution in [0, 0.1) is 0 Å². The van der Waals surface area contributed by atoms with E-state index in [4.69, 9.17) is 9.47 Å². The van der Waals surface area contributed by atoms with E-state index in [0.29, 0.717) is 6.54 Å². The Morgan fingerprint density at radius 1 is 1.22 bits per heavy atom. The Kier molecular flexibility index (Phi) is 4.99. The number of benzene rings is 1. The van der Waals surface area contributed by atoms with E-state index in [1.807, 2.05) is 39.1 Å². The third-order valence-corrected chi connectivity index (χ3v) is 3.32. The molecule has 1 rings (SSSR count). The molecular weight excluding hydrogens is 230 g/mol. The van der Waals surface area contributed by atoms with Gasteiger partial charge in [-0.25, -0.2) is 0 Å². The molecular formula is C14H23NO3. The third-order valence-electron chi connectivity index (χ3n) is 3.32. The van der Waals surface area contributed by atoms with E-state index < -0.39 is 0 Å². The molecule has 0 aromatic heterocycles. The number of aliphatic hydroxyl groups excluding tert-OH is 1. The first kappa shape index (κ1) is 14.8. The van der Waals surface area contributed by atoms with E-state index in [9.17, 15) is 5.11 Å². The van der Waals surface area contributed by atoms with E-state index in [2.05, 4.69) is 4.90 Å². The molecule has 1 N–H and O–H groups in total. The van der Waals surface area contributed by atoms with Crippen LogP contribution in [0.4, 0.5) is 0 Å². The Balaban J connectivity index is 2.90. The van der Waals surface area contributed by atoms with Crippen molar-refractivity contribution in [1.82, 2.24) is 4.90 Å². The molecule has 0 aliphatic carbocycles. The van der Waals surface area contributed by atoms with Gasteiger partial charge in [-0.2, -0.15) is 0 Å². The Hall–Kier alpha value is -1.26. The van der Waals surface area contributed by atoms with Gasteiger partial charge in [-0.05, 0) is 27.0 Å². The fourth-order valence-corrected chi connectivity index (χ4v) is 1.57. The van der Waals surface area contributed by atoms with Crippen molar-refractivity contribution in [2.75, 3.05) is 27.9 Å². The lowest BCUT2D eigenvalue weighted by atomic mass is 10.0. The summed E-state index contributed by atoms with van der Waals surface area (Å²) in [5.74, 6) is 1.58. The molecule has 1 aromatic carbocycles. The molecule has 0 amide bonds. The highest BCUT2D eigenvalue weighted by Crippen LogP contribution is 2.27. The Labute approximate surface area is 109 Å². The van der Waals surface area contributed by atoms with Crippen LogP contribution in [0.15, 0.2) is 18.2 Å². The minimum absolute atomic E-state index is 0.113. The third kappa shape index (κ3) is 3.37. The Morgan fingerprint density at radius 2 is 1.89 bits per heavy atom. The number of likely N-dealkylation sites (N-methyl/N-ethyl adjacent to an activating group) is 1. The molecule has 1 aromatic rings. The van der Waals surface area contributed by atoms with Crippen molar-refractivity contribution in [3.8, 4) is 11.5 Å². The predicted molar refractivity (Wildman–Crippen MR) is 72.2 cm³/mol. The first-order valence-electron chi connectivity index (χ1n) is 5.97. The summed E-state index contributed by atoms with van der Waals surface area (Å²) in [6.07, 6.45) is 0. The van der Waals surface area contributed by atoms with Gasteiger partial charge in [0.05, 0.1) is 20.8 Å². The van der Waals surface area contributed by atoms with Crippen LogP contribution < -0.4 is 9.47 Å². The van der Waals surface area contributed by atoms with Crippen LogP contribution in [0.25, 0.3) is 0 Å². The number of aliphatic hydroxyl groups is 1. The summed E-state index contributed by atoms with van der Waals surface area (Å²) < 4.78 is 10.5. The summed E-state index contributed by atoms with van der Waals surface area (Å²) in [4.78, 5) is 2.09. The minimum atomic E-state index is -0.259. The number of rotatable bonds is 6. The number of methoxy groups -OCH3 is 2. The van der Waals surface area contributed by atoms with Crippen LogP contribution in [0.1, 0.15) is 19.4 Å². The lowest BCUT2D eigenvalue weighted by Gasteiger charge is -2.34. The van der Waals surface area contributed by atoms with Crippen molar-refractivity contribution in [1.29, 1.82) is 0 Å². The SMILES string of the molecule is COc1ccc(CN(C)C(C)(C)CO)c(OC)c1.